The molecule has 5 aromatic rings. The first kappa shape index (κ1) is 52.8. The van der Waals surface area contributed by atoms with Crippen LogP contribution in [-0.4, -0.2) is 112 Å². The third-order valence-corrected chi connectivity index (χ3v) is 19.4. The second kappa shape index (κ2) is 21.5. The smallest absolute Gasteiger partial charge is 0.255 e. The number of nitrogens with one attached hydrogen (secondary N) is 2. The third kappa shape index (κ3) is 10.2. The fourth-order valence-electron chi connectivity index (χ4n) is 14.4. The van der Waals surface area contributed by atoms with Gasteiger partial charge in [0.15, 0.2) is 0 Å². The number of hydrogen-bond acceptors (Lipinski definition) is 9. The molecular weight excluding hydrogens is 957 g/mol. The van der Waals surface area contributed by atoms with E-state index in [4.69, 9.17) is 0 Å². The predicted molar refractivity (Wildman–Crippen MR) is 306 cm³/mol. The van der Waals surface area contributed by atoms with Gasteiger partial charge in [-0.3, -0.25) is 34.2 Å². The molecule has 11 heteroatoms. The van der Waals surface area contributed by atoms with E-state index in [2.05, 4.69) is 111 Å². The second-order valence-corrected chi connectivity index (χ2v) is 24.0. The average Bonchev–Trinajstić information content (AvgIpc) is 4.48. The molecule has 4 N–H and O–H groups in total. The molecule has 4 aromatic carbocycles. The van der Waals surface area contributed by atoms with Crippen molar-refractivity contribution in [1.29, 1.82) is 0 Å². The number of pyridine rings is 1. The Morgan fingerprint density at radius 1 is 0.766 bits per heavy atom. The molecule has 1 aromatic heterocycles. The summed E-state index contributed by atoms with van der Waals surface area (Å²) in [4.78, 5) is 52.9. The van der Waals surface area contributed by atoms with Crippen molar-refractivity contribution in [2.45, 2.75) is 133 Å². The number of allylic oxidation sites excluding steroid dienone is 1. The molecule has 3 saturated carbocycles. The number of amides is 2. The second-order valence-electron chi connectivity index (χ2n) is 24.0. The van der Waals surface area contributed by atoms with Gasteiger partial charge in [0.2, 0.25) is 0 Å². The van der Waals surface area contributed by atoms with Gasteiger partial charge in [0.1, 0.15) is 11.5 Å². The number of aromatic hydroxyl groups is 1. The summed E-state index contributed by atoms with van der Waals surface area (Å²) >= 11 is 0. The lowest BCUT2D eigenvalue weighted by atomic mass is 9.49. The van der Waals surface area contributed by atoms with Crippen molar-refractivity contribution in [1.82, 2.24) is 25.4 Å². The molecule has 77 heavy (non-hydrogen) atoms. The number of carbonyl (C=O) groups is 3. The van der Waals surface area contributed by atoms with Gasteiger partial charge in [-0.2, -0.15) is 0 Å². The molecule has 4 bridgehead atoms. The van der Waals surface area contributed by atoms with E-state index in [1.807, 2.05) is 36.7 Å². The number of rotatable bonds is 14. The van der Waals surface area contributed by atoms with Gasteiger partial charge in [-0.05, 0) is 181 Å². The van der Waals surface area contributed by atoms with E-state index in [0.717, 1.165) is 66.2 Å². The van der Waals surface area contributed by atoms with Crippen LogP contribution in [0.15, 0.2) is 114 Å². The first-order valence-corrected chi connectivity index (χ1v) is 28.4. The van der Waals surface area contributed by atoms with Crippen molar-refractivity contribution in [2.75, 3.05) is 45.8 Å². The zero-order valence-electron chi connectivity index (χ0n) is 44.4. The number of phenols is 1. The summed E-state index contributed by atoms with van der Waals surface area (Å²) in [5.74, 6) is 2.03. The van der Waals surface area contributed by atoms with Crippen LogP contribution in [0.1, 0.15) is 139 Å². The van der Waals surface area contributed by atoms with E-state index in [9.17, 15) is 24.6 Å². The quantitative estimate of drug-likeness (QED) is 0.0860. The molecule has 8 aliphatic rings. The number of phenolic OH excluding ortho intramolecular Hbond substituents is 1. The van der Waals surface area contributed by atoms with E-state index >= 15 is 0 Å². The highest BCUT2D eigenvalue weighted by atomic mass is 16.3. The topological polar surface area (TPSA) is 147 Å². The molecular formula is C66H78N6O5. The molecule has 402 valence electrons. The van der Waals surface area contributed by atoms with Crippen molar-refractivity contribution in [2.24, 2.45) is 22.7 Å². The van der Waals surface area contributed by atoms with Crippen LogP contribution >= 0.6 is 0 Å². The molecule has 2 saturated heterocycles. The largest absolute Gasteiger partial charge is 0.507 e. The summed E-state index contributed by atoms with van der Waals surface area (Å²) in [7, 11) is 0. The van der Waals surface area contributed by atoms with Crippen LogP contribution in [0.3, 0.4) is 0 Å². The number of aromatic nitrogens is 1. The maximum atomic E-state index is 13.3. The molecule has 11 nitrogen and oxygen atoms in total. The van der Waals surface area contributed by atoms with Gasteiger partial charge >= 0.3 is 0 Å². The van der Waals surface area contributed by atoms with Crippen molar-refractivity contribution in [3.63, 3.8) is 0 Å². The number of aliphatic hydroxyl groups is 1. The van der Waals surface area contributed by atoms with E-state index in [1.54, 1.807) is 12.3 Å². The van der Waals surface area contributed by atoms with Crippen LogP contribution in [0.5, 0.6) is 5.75 Å². The molecule has 6 atom stereocenters. The lowest BCUT2D eigenvalue weighted by Gasteiger charge is -2.63. The van der Waals surface area contributed by atoms with E-state index in [0.29, 0.717) is 68.6 Å². The minimum Gasteiger partial charge on any atom is -0.507 e. The Morgan fingerprint density at radius 2 is 1.44 bits per heavy atom. The van der Waals surface area contributed by atoms with Gasteiger partial charge < -0.3 is 20.8 Å². The van der Waals surface area contributed by atoms with Gasteiger partial charge in [-0.15, -0.1) is 0 Å². The highest BCUT2D eigenvalue weighted by molar-refractivity contribution is 6.11. The number of aliphatic imine (C=N–C) groups is 1. The monoisotopic (exact) mass is 1030 g/mol. The number of nitrogens with zero attached hydrogens (tertiary/aromatic N) is 4. The zero-order valence-corrected chi connectivity index (χ0v) is 44.4. The Balaban J connectivity index is 0.000000164. The predicted octanol–water partition coefficient (Wildman–Crippen LogP) is 9.89. The molecule has 4 heterocycles. The summed E-state index contributed by atoms with van der Waals surface area (Å²) in [6.07, 6.45) is 19.0. The van der Waals surface area contributed by atoms with Crippen molar-refractivity contribution in [3.8, 4) is 16.9 Å². The Morgan fingerprint density at radius 3 is 2.12 bits per heavy atom. The number of Topliss-reactive ketones (excluding diaryl/α,β-unsaturated/α-hetero) is 1. The first-order valence-electron chi connectivity index (χ1n) is 28.4. The summed E-state index contributed by atoms with van der Waals surface area (Å²) in [6.45, 7) is 11.0. The molecule has 3 aliphatic heterocycles. The summed E-state index contributed by atoms with van der Waals surface area (Å²) in [6, 6.07) is 31.5. The van der Waals surface area contributed by atoms with Crippen LogP contribution in [0.2, 0.25) is 0 Å². The fraction of sp³-hybridized carbons (Fsp3) is 0.470. The van der Waals surface area contributed by atoms with E-state index < -0.39 is 11.0 Å². The van der Waals surface area contributed by atoms with E-state index in [1.165, 1.54) is 73.0 Å². The summed E-state index contributed by atoms with van der Waals surface area (Å²) in [5.41, 5.74) is 10.6. The molecule has 2 amide bonds. The van der Waals surface area contributed by atoms with Crippen molar-refractivity contribution < 1.29 is 24.6 Å². The van der Waals surface area contributed by atoms with Crippen molar-refractivity contribution >= 4 is 29.4 Å². The Bertz CT molecular complexity index is 3070. The van der Waals surface area contributed by atoms with Gasteiger partial charge in [0.05, 0.1) is 17.7 Å². The normalized spacial score (nSPS) is 26.9. The van der Waals surface area contributed by atoms with Crippen LogP contribution < -0.4 is 10.6 Å². The molecule has 0 spiro atoms. The van der Waals surface area contributed by atoms with Gasteiger partial charge in [-0.25, -0.2) is 0 Å². The zero-order chi connectivity index (χ0) is 52.2. The summed E-state index contributed by atoms with van der Waals surface area (Å²) in [5, 5.41) is 30.1. The summed E-state index contributed by atoms with van der Waals surface area (Å²) < 4.78 is 0. The minimum absolute atomic E-state index is 0. The van der Waals surface area contributed by atoms with Crippen LogP contribution in [0.4, 0.5) is 0 Å². The number of benzene rings is 4. The Labute approximate surface area is 455 Å². The van der Waals surface area contributed by atoms with Gasteiger partial charge in [-0.1, -0.05) is 94.1 Å². The van der Waals surface area contributed by atoms with Gasteiger partial charge in [0.25, 0.3) is 11.8 Å². The number of likely N-dealkylation sites (tertiary alicyclic amines) is 2. The lowest BCUT2D eigenvalue weighted by molar-refractivity contribution is -0.173. The van der Waals surface area contributed by atoms with Crippen LogP contribution in [0, 0.1) is 17.8 Å². The Hall–Kier alpha value is -6.27. The fourth-order valence-corrected chi connectivity index (χ4v) is 14.4. The first-order chi connectivity index (χ1) is 36.9. The van der Waals surface area contributed by atoms with Crippen LogP contribution in [-0.2, 0) is 41.3 Å². The molecule has 0 radical (unpaired) electrons. The number of piperidine rings is 2. The van der Waals surface area contributed by atoms with E-state index in [-0.39, 0.29) is 54.2 Å². The number of carbonyl (C=O) groups excluding carboxylic acids is 3. The standard InChI is InChI=1S/C34H37N3O4.C31H37N3O.CH4/c38-27-11-13-34(41)29-18-25-9-10-28(31(39)30(25)33(34,19-27)14-17-37(29)21-23-3-4-23)32(40)36-16-12-22-5-7-24(8-6-22)26-2-1-15-35-20-26;1-21-29-18-25-9-10-26(17-28(25)31(21,2)13-16-34(29)20-23-3-4-23)30(35)33-15-11-22-5-7-24(8-6-22)27-12-14-32-19-27;/h1-2,5-10,15,20,23,29,39,41H,3-4,11-14,16-19,21H2,(H,36,40);5-10,12,17,19,21,23,29H,3-4,11,13-16,18,20H2,1-2H3,(H,33,35);1H4/t29-,33-,34-;21-,29+,31-;/m10./s1. The number of hydrogen-bond donors (Lipinski definition) is 4. The average molecular weight is 1040 g/mol. The third-order valence-electron chi connectivity index (χ3n) is 19.4. The molecule has 5 aliphatic carbocycles. The Kier molecular flexibility index (Phi) is 14.7. The maximum Gasteiger partial charge on any atom is 0.255 e. The minimum atomic E-state index is -1.09. The van der Waals surface area contributed by atoms with Crippen molar-refractivity contribution in [3.05, 3.63) is 160 Å². The highest BCUT2D eigenvalue weighted by Crippen LogP contribution is 2.60. The molecule has 5 fully saturated rings. The maximum absolute atomic E-state index is 13.3. The molecule has 13 rings (SSSR count). The van der Waals surface area contributed by atoms with Gasteiger partial charge in [0, 0.05) is 86.3 Å². The highest BCUT2D eigenvalue weighted by Gasteiger charge is 2.66. The van der Waals surface area contributed by atoms with Crippen LogP contribution in [0.25, 0.3) is 16.7 Å². The number of ketones is 1. The number of fused-ring (bicyclic) bond motifs is 5. The molecule has 0 unspecified atom stereocenters. The SMILES string of the molecule is C.C[C@H]1[C@H]2Cc3ccc(C(=O)NCCc4ccc(C5=CCN=C5)cc4)cc3[C@@]1(C)CCN2CC1CC1.O=C1CC[C@@]2(O)[C@H]3Cc4ccc(C(=O)NCCc5ccc(-c6cccnc6)cc5)c(O)c4[C@@]2(CCN3CC2CC2)C1. The lowest BCUT2D eigenvalue weighted by Crippen LogP contribution is -2.73.